The van der Waals surface area contributed by atoms with Crippen molar-refractivity contribution in [2.75, 3.05) is 7.05 Å². The van der Waals surface area contributed by atoms with Gasteiger partial charge in [-0.15, -0.1) is 0 Å². The van der Waals surface area contributed by atoms with E-state index in [2.05, 4.69) is 9.98 Å². The SMILES string of the molecule is CC1=Nc2cnccc2S(=O)(=O)N1C. The van der Waals surface area contributed by atoms with E-state index >= 15 is 0 Å². The molecule has 0 atom stereocenters. The van der Waals surface area contributed by atoms with Crippen LogP contribution < -0.4 is 0 Å². The molecule has 0 saturated carbocycles. The van der Waals surface area contributed by atoms with E-state index in [1.807, 2.05) is 0 Å². The van der Waals surface area contributed by atoms with Crippen molar-refractivity contribution in [1.29, 1.82) is 0 Å². The molecule has 2 rings (SSSR count). The molecule has 0 N–H and O–H groups in total. The Bertz CT molecular complexity index is 507. The first-order valence-corrected chi connectivity index (χ1v) is 5.46. The number of rotatable bonds is 0. The zero-order valence-electron chi connectivity index (χ0n) is 7.80. The average Bonchev–Trinajstić information content (AvgIpc) is 2.15. The molecule has 0 fully saturated rings. The van der Waals surface area contributed by atoms with Crippen molar-refractivity contribution in [3.05, 3.63) is 18.5 Å². The van der Waals surface area contributed by atoms with Crippen LogP contribution in [0, 0.1) is 0 Å². The van der Waals surface area contributed by atoms with Crippen LogP contribution in [0.2, 0.25) is 0 Å². The highest BCUT2D eigenvalue weighted by atomic mass is 32.2. The van der Waals surface area contributed by atoms with Gasteiger partial charge in [0.05, 0.1) is 6.20 Å². The maximum Gasteiger partial charge on any atom is 0.267 e. The minimum atomic E-state index is -3.41. The van der Waals surface area contributed by atoms with Crippen molar-refractivity contribution in [3.8, 4) is 0 Å². The average molecular weight is 211 g/mol. The summed E-state index contributed by atoms with van der Waals surface area (Å²) < 4.78 is 24.8. The summed E-state index contributed by atoms with van der Waals surface area (Å²) in [6.07, 6.45) is 2.89. The monoisotopic (exact) mass is 211 g/mol. The molecule has 0 unspecified atom stereocenters. The second-order valence-corrected chi connectivity index (χ2v) is 4.91. The van der Waals surface area contributed by atoms with Gasteiger partial charge in [-0.3, -0.25) is 9.29 Å². The summed E-state index contributed by atoms with van der Waals surface area (Å²) in [5.41, 5.74) is 0.406. The van der Waals surface area contributed by atoms with E-state index in [-0.39, 0.29) is 4.90 Å². The normalized spacial score (nSPS) is 18.7. The smallest absolute Gasteiger partial charge is 0.262 e. The zero-order chi connectivity index (χ0) is 10.3. The predicted octanol–water partition coefficient (Wildman–Crippen LogP) is 0.766. The molecule has 0 amide bonds. The van der Waals surface area contributed by atoms with Crippen LogP contribution in [0.1, 0.15) is 6.92 Å². The number of aromatic nitrogens is 1. The minimum absolute atomic E-state index is 0.209. The lowest BCUT2D eigenvalue weighted by Crippen LogP contribution is -2.33. The highest BCUT2D eigenvalue weighted by molar-refractivity contribution is 7.89. The van der Waals surface area contributed by atoms with E-state index in [0.717, 1.165) is 4.31 Å². The number of aliphatic imine (C=N–C) groups is 1. The quantitative estimate of drug-likeness (QED) is 0.636. The van der Waals surface area contributed by atoms with Crippen LogP contribution in [0.15, 0.2) is 28.3 Å². The van der Waals surface area contributed by atoms with E-state index in [9.17, 15) is 8.42 Å². The van der Waals surface area contributed by atoms with Gasteiger partial charge < -0.3 is 0 Å². The zero-order valence-corrected chi connectivity index (χ0v) is 8.61. The number of fused-ring (bicyclic) bond motifs is 1. The Kier molecular flexibility index (Phi) is 1.81. The molecular weight excluding hydrogens is 202 g/mol. The first kappa shape index (κ1) is 9.14. The van der Waals surface area contributed by atoms with Crippen molar-refractivity contribution in [3.63, 3.8) is 0 Å². The Balaban J connectivity index is 2.79. The molecule has 2 heterocycles. The van der Waals surface area contributed by atoms with Crippen LogP contribution in [0.3, 0.4) is 0 Å². The Morgan fingerprint density at radius 1 is 1.43 bits per heavy atom. The Morgan fingerprint density at radius 2 is 2.14 bits per heavy atom. The Labute approximate surface area is 82.2 Å². The van der Waals surface area contributed by atoms with E-state index in [1.54, 1.807) is 6.92 Å². The number of pyridine rings is 1. The largest absolute Gasteiger partial charge is 0.267 e. The summed E-state index contributed by atoms with van der Waals surface area (Å²) in [5.74, 6) is 0.450. The molecule has 1 aliphatic rings. The van der Waals surface area contributed by atoms with Crippen LogP contribution >= 0.6 is 0 Å². The van der Waals surface area contributed by atoms with Gasteiger partial charge in [0, 0.05) is 13.2 Å². The van der Waals surface area contributed by atoms with E-state index in [0.29, 0.717) is 11.5 Å². The van der Waals surface area contributed by atoms with E-state index < -0.39 is 10.0 Å². The first-order valence-electron chi connectivity index (χ1n) is 4.02. The molecule has 1 aromatic rings. The van der Waals surface area contributed by atoms with Gasteiger partial charge in [-0.2, -0.15) is 0 Å². The molecule has 0 aromatic carbocycles. The van der Waals surface area contributed by atoms with Crippen molar-refractivity contribution in [2.24, 2.45) is 4.99 Å². The van der Waals surface area contributed by atoms with Gasteiger partial charge in [-0.05, 0) is 13.0 Å². The summed E-state index contributed by atoms with van der Waals surface area (Å²) in [6.45, 7) is 1.65. The third-order valence-corrected chi connectivity index (χ3v) is 4.02. The lowest BCUT2D eigenvalue weighted by Gasteiger charge is -2.23. The molecule has 5 nitrogen and oxygen atoms in total. The van der Waals surface area contributed by atoms with Crippen molar-refractivity contribution < 1.29 is 8.42 Å². The fourth-order valence-electron chi connectivity index (χ4n) is 1.24. The standard InChI is InChI=1S/C8H9N3O2S/c1-6-10-7-5-9-4-3-8(7)14(12,13)11(6)2/h3-5H,1-2H3. The molecule has 0 radical (unpaired) electrons. The Hall–Kier alpha value is -1.43. The molecule has 74 valence electrons. The van der Waals surface area contributed by atoms with Crippen molar-refractivity contribution >= 4 is 21.5 Å². The number of nitrogens with zero attached hydrogens (tertiary/aromatic N) is 3. The molecule has 6 heteroatoms. The number of hydrogen-bond acceptors (Lipinski definition) is 4. The predicted molar refractivity (Wildman–Crippen MR) is 52.0 cm³/mol. The van der Waals surface area contributed by atoms with E-state index in [4.69, 9.17) is 0 Å². The molecule has 0 aliphatic carbocycles. The highest BCUT2D eigenvalue weighted by Crippen LogP contribution is 2.29. The molecular formula is C8H9N3O2S. The molecule has 0 saturated heterocycles. The molecule has 0 spiro atoms. The summed E-state index contributed by atoms with van der Waals surface area (Å²) in [5, 5.41) is 0. The van der Waals surface area contributed by atoms with Crippen molar-refractivity contribution in [2.45, 2.75) is 11.8 Å². The van der Waals surface area contributed by atoms with E-state index in [1.165, 1.54) is 25.5 Å². The molecule has 0 bridgehead atoms. The lowest BCUT2D eigenvalue weighted by atomic mass is 10.4. The van der Waals surface area contributed by atoms with Crippen LogP contribution in [-0.2, 0) is 10.0 Å². The summed E-state index contributed by atoms with van der Waals surface area (Å²) in [4.78, 5) is 8.17. The molecule has 1 aromatic heterocycles. The van der Waals surface area contributed by atoms with Gasteiger partial charge in [0.25, 0.3) is 10.0 Å². The first-order chi connectivity index (χ1) is 6.53. The molecule has 1 aliphatic heterocycles. The van der Waals surface area contributed by atoms with Crippen molar-refractivity contribution in [1.82, 2.24) is 9.29 Å². The summed E-state index contributed by atoms with van der Waals surface area (Å²) in [7, 11) is -1.92. The highest BCUT2D eigenvalue weighted by Gasteiger charge is 2.28. The van der Waals surface area contributed by atoms with Crippen LogP contribution in [0.25, 0.3) is 0 Å². The third kappa shape index (κ3) is 1.11. The second-order valence-electron chi connectivity index (χ2n) is 2.97. The van der Waals surface area contributed by atoms with Gasteiger partial charge in [-0.25, -0.2) is 13.4 Å². The van der Waals surface area contributed by atoms with Gasteiger partial charge >= 0.3 is 0 Å². The third-order valence-electron chi connectivity index (χ3n) is 2.14. The van der Waals surface area contributed by atoms with Gasteiger partial charge in [0.15, 0.2) is 0 Å². The number of sulfonamides is 1. The van der Waals surface area contributed by atoms with Crippen LogP contribution in [0.5, 0.6) is 0 Å². The second kappa shape index (κ2) is 2.78. The maximum atomic E-state index is 11.8. The number of amidine groups is 1. The van der Waals surface area contributed by atoms with Gasteiger partial charge in [-0.1, -0.05) is 0 Å². The summed E-state index contributed by atoms with van der Waals surface area (Å²) in [6, 6.07) is 1.46. The van der Waals surface area contributed by atoms with Crippen LogP contribution in [0.4, 0.5) is 5.69 Å². The lowest BCUT2D eigenvalue weighted by molar-refractivity contribution is 0.549. The maximum absolute atomic E-state index is 11.8. The topological polar surface area (TPSA) is 62.6 Å². The fraction of sp³-hybridized carbons (Fsp3) is 0.250. The number of hydrogen-bond donors (Lipinski definition) is 0. The molecule has 14 heavy (non-hydrogen) atoms. The Morgan fingerprint density at radius 3 is 2.86 bits per heavy atom. The van der Waals surface area contributed by atoms with Gasteiger partial charge in [0.2, 0.25) is 0 Å². The van der Waals surface area contributed by atoms with Crippen LogP contribution in [-0.4, -0.2) is 30.6 Å². The van der Waals surface area contributed by atoms with Gasteiger partial charge in [0.1, 0.15) is 16.4 Å². The summed E-state index contributed by atoms with van der Waals surface area (Å²) >= 11 is 0. The minimum Gasteiger partial charge on any atom is -0.262 e. The fourth-order valence-corrected chi connectivity index (χ4v) is 2.52.